The zero-order valence-corrected chi connectivity index (χ0v) is 12.2. The molecule has 3 rings (SSSR count). The molecular formula is C17H14N4O2. The number of nitrogens with one attached hydrogen (secondary N) is 1. The quantitative estimate of drug-likeness (QED) is 0.442. The molecule has 0 aliphatic heterocycles. The first-order valence-corrected chi connectivity index (χ1v) is 6.99. The van der Waals surface area contributed by atoms with Crippen LogP contribution in [0.2, 0.25) is 0 Å². The molecule has 0 saturated heterocycles. The van der Waals surface area contributed by atoms with Crippen LogP contribution in [0.25, 0.3) is 5.69 Å². The number of hydrogen-bond donors (Lipinski definition) is 1. The predicted octanol–water partition coefficient (Wildman–Crippen LogP) is 3.83. The zero-order valence-electron chi connectivity index (χ0n) is 12.2. The maximum atomic E-state index is 10.6. The van der Waals surface area contributed by atoms with Crippen LogP contribution >= 0.6 is 0 Å². The number of aromatic nitrogens is 1. The lowest BCUT2D eigenvalue weighted by atomic mass is 10.2. The molecule has 0 spiro atoms. The Hall–Kier alpha value is -3.41. The lowest BCUT2D eigenvalue weighted by Gasteiger charge is -2.03. The Balaban J connectivity index is 1.62. The van der Waals surface area contributed by atoms with E-state index < -0.39 is 4.92 Å². The van der Waals surface area contributed by atoms with Crippen molar-refractivity contribution in [3.05, 3.63) is 88.7 Å². The van der Waals surface area contributed by atoms with Crippen molar-refractivity contribution in [1.29, 1.82) is 0 Å². The van der Waals surface area contributed by atoms with Gasteiger partial charge in [-0.15, -0.1) is 0 Å². The molecule has 0 saturated carbocycles. The van der Waals surface area contributed by atoms with Crippen LogP contribution in [0.1, 0.15) is 5.56 Å². The molecule has 0 fully saturated rings. The molecule has 3 aromatic rings. The maximum absolute atomic E-state index is 10.6. The van der Waals surface area contributed by atoms with Crippen LogP contribution in [0.15, 0.2) is 78.2 Å². The smallest absolute Gasteiger partial charge is 0.269 e. The Bertz CT molecular complexity index is 807. The van der Waals surface area contributed by atoms with E-state index in [1.807, 2.05) is 53.4 Å². The number of nitro benzene ring substituents is 1. The van der Waals surface area contributed by atoms with Gasteiger partial charge in [-0.05, 0) is 42.0 Å². The Labute approximate surface area is 132 Å². The van der Waals surface area contributed by atoms with Gasteiger partial charge < -0.3 is 4.57 Å². The Morgan fingerprint density at radius 1 is 1.00 bits per heavy atom. The van der Waals surface area contributed by atoms with E-state index in [4.69, 9.17) is 0 Å². The predicted molar refractivity (Wildman–Crippen MR) is 90.1 cm³/mol. The summed E-state index contributed by atoms with van der Waals surface area (Å²) >= 11 is 0. The molecule has 114 valence electrons. The van der Waals surface area contributed by atoms with Crippen molar-refractivity contribution in [3.63, 3.8) is 0 Å². The second kappa shape index (κ2) is 6.57. The first-order valence-electron chi connectivity index (χ1n) is 6.99. The summed E-state index contributed by atoms with van der Waals surface area (Å²) in [5.74, 6) is 0. The van der Waals surface area contributed by atoms with Crippen LogP contribution in [0, 0.1) is 10.1 Å². The van der Waals surface area contributed by atoms with Crippen molar-refractivity contribution < 1.29 is 4.92 Å². The molecule has 0 aliphatic rings. The summed E-state index contributed by atoms with van der Waals surface area (Å²) in [6.07, 6.45) is 5.67. The normalized spacial score (nSPS) is 10.8. The van der Waals surface area contributed by atoms with Crippen LogP contribution in [-0.2, 0) is 0 Å². The van der Waals surface area contributed by atoms with E-state index in [9.17, 15) is 10.1 Å². The topological polar surface area (TPSA) is 72.5 Å². The largest absolute Gasteiger partial charge is 0.324 e. The van der Waals surface area contributed by atoms with Crippen molar-refractivity contribution in [2.24, 2.45) is 5.10 Å². The third-order valence-corrected chi connectivity index (χ3v) is 3.28. The molecule has 6 nitrogen and oxygen atoms in total. The van der Waals surface area contributed by atoms with Crippen molar-refractivity contribution >= 4 is 17.6 Å². The van der Waals surface area contributed by atoms with Gasteiger partial charge in [0.05, 0.1) is 16.8 Å². The van der Waals surface area contributed by atoms with Gasteiger partial charge in [0, 0.05) is 30.2 Å². The van der Waals surface area contributed by atoms with Crippen molar-refractivity contribution in [1.82, 2.24) is 4.57 Å². The van der Waals surface area contributed by atoms with Crippen LogP contribution in [0.4, 0.5) is 11.4 Å². The van der Waals surface area contributed by atoms with Crippen molar-refractivity contribution in [3.8, 4) is 5.69 Å². The highest BCUT2D eigenvalue weighted by molar-refractivity contribution is 5.80. The van der Waals surface area contributed by atoms with Gasteiger partial charge in [0.2, 0.25) is 0 Å². The van der Waals surface area contributed by atoms with Gasteiger partial charge in [0.25, 0.3) is 5.69 Å². The van der Waals surface area contributed by atoms with Gasteiger partial charge >= 0.3 is 0 Å². The number of nitro groups is 1. The fourth-order valence-electron chi connectivity index (χ4n) is 2.08. The molecule has 0 unspecified atom stereocenters. The van der Waals surface area contributed by atoms with Gasteiger partial charge in [0.1, 0.15) is 0 Å². The third kappa shape index (κ3) is 3.62. The SMILES string of the molecule is O=[N+]([O-])c1ccc(N/N=C/c2ccc(-n3cccc3)cc2)cc1. The molecule has 1 heterocycles. The highest BCUT2D eigenvalue weighted by atomic mass is 16.6. The summed E-state index contributed by atoms with van der Waals surface area (Å²) < 4.78 is 2.02. The number of hydrazone groups is 1. The first kappa shape index (κ1) is 14.5. The summed E-state index contributed by atoms with van der Waals surface area (Å²) in [7, 11) is 0. The fourth-order valence-corrected chi connectivity index (χ4v) is 2.08. The van der Waals surface area contributed by atoms with E-state index in [1.165, 1.54) is 12.1 Å². The second-order valence-electron chi connectivity index (χ2n) is 4.86. The standard InChI is InChI=1S/C17H14N4O2/c22-21(23)17-9-5-15(6-10-17)19-18-13-14-3-7-16(8-4-14)20-11-1-2-12-20/h1-13,19H/b18-13+. The minimum atomic E-state index is -0.431. The lowest BCUT2D eigenvalue weighted by molar-refractivity contribution is -0.384. The van der Waals surface area contributed by atoms with E-state index in [1.54, 1.807) is 18.3 Å². The first-order chi connectivity index (χ1) is 11.2. The molecule has 0 bridgehead atoms. The summed E-state index contributed by atoms with van der Waals surface area (Å²) in [4.78, 5) is 10.1. The number of rotatable bonds is 5. The highest BCUT2D eigenvalue weighted by Gasteiger charge is 2.02. The van der Waals surface area contributed by atoms with Crippen LogP contribution < -0.4 is 5.43 Å². The van der Waals surface area contributed by atoms with Gasteiger partial charge in [-0.1, -0.05) is 12.1 Å². The third-order valence-electron chi connectivity index (χ3n) is 3.28. The van der Waals surface area contributed by atoms with E-state index in [2.05, 4.69) is 10.5 Å². The number of anilines is 1. The average Bonchev–Trinajstić information content (AvgIpc) is 3.10. The lowest BCUT2D eigenvalue weighted by Crippen LogP contribution is -1.93. The average molecular weight is 306 g/mol. The highest BCUT2D eigenvalue weighted by Crippen LogP contribution is 2.15. The van der Waals surface area contributed by atoms with E-state index in [0.29, 0.717) is 5.69 Å². The minimum Gasteiger partial charge on any atom is -0.324 e. The van der Waals surface area contributed by atoms with E-state index in [0.717, 1.165) is 11.3 Å². The molecular weight excluding hydrogens is 292 g/mol. The molecule has 2 aromatic carbocycles. The minimum absolute atomic E-state index is 0.0557. The number of nitrogens with zero attached hydrogens (tertiary/aromatic N) is 3. The maximum Gasteiger partial charge on any atom is 0.269 e. The molecule has 1 N–H and O–H groups in total. The van der Waals surface area contributed by atoms with Crippen molar-refractivity contribution in [2.75, 3.05) is 5.43 Å². The van der Waals surface area contributed by atoms with Crippen LogP contribution in [0.3, 0.4) is 0 Å². The Morgan fingerprint density at radius 3 is 2.26 bits per heavy atom. The number of hydrogen-bond acceptors (Lipinski definition) is 4. The van der Waals surface area contributed by atoms with E-state index >= 15 is 0 Å². The van der Waals surface area contributed by atoms with Crippen LogP contribution in [0.5, 0.6) is 0 Å². The summed E-state index contributed by atoms with van der Waals surface area (Å²) in [5, 5.41) is 14.7. The molecule has 0 atom stereocenters. The zero-order chi connectivity index (χ0) is 16.1. The monoisotopic (exact) mass is 306 g/mol. The Kier molecular flexibility index (Phi) is 4.15. The van der Waals surface area contributed by atoms with Gasteiger partial charge in [0.15, 0.2) is 0 Å². The summed E-state index contributed by atoms with van der Waals surface area (Å²) in [6, 6.07) is 18.0. The van der Waals surface area contributed by atoms with Gasteiger partial charge in [-0.3, -0.25) is 15.5 Å². The molecule has 6 heteroatoms. The molecule has 23 heavy (non-hydrogen) atoms. The summed E-state index contributed by atoms with van der Waals surface area (Å²) in [6.45, 7) is 0. The van der Waals surface area contributed by atoms with Gasteiger partial charge in [-0.25, -0.2) is 0 Å². The molecule has 0 aliphatic carbocycles. The number of non-ortho nitro benzene ring substituents is 1. The number of benzene rings is 2. The van der Waals surface area contributed by atoms with E-state index in [-0.39, 0.29) is 5.69 Å². The fraction of sp³-hybridized carbons (Fsp3) is 0. The molecule has 0 amide bonds. The van der Waals surface area contributed by atoms with Gasteiger partial charge in [-0.2, -0.15) is 5.10 Å². The van der Waals surface area contributed by atoms with Crippen LogP contribution in [-0.4, -0.2) is 15.7 Å². The Morgan fingerprint density at radius 2 is 1.65 bits per heavy atom. The summed E-state index contributed by atoms with van der Waals surface area (Å²) in [5.41, 5.74) is 5.62. The second-order valence-corrected chi connectivity index (χ2v) is 4.86. The van der Waals surface area contributed by atoms with Crippen molar-refractivity contribution in [2.45, 2.75) is 0 Å². The molecule has 0 radical (unpaired) electrons. The molecule has 1 aromatic heterocycles.